The van der Waals surface area contributed by atoms with Gasteiger partial charge in [0, 0.05) is 24.2 Å². The summed E-state index contributed by atoms with van der Waals surface area (Å²) >= 11 is 5.98. The average Bonchev–Trinajstić information content (AvgIpc) is 3.30. The second-order valence-corrected chi connectivity index (χ2v) is 9.72. The number of carbonyl (C=O) groups excluding carboxylic acids is 1. The fourth-order valence-electron chi connectivity index (χ4n) is 4.44. The van der Waals surface area contributed by atoms with E-state index in [9.17, 15) is 13.2 Å². The summed E-state index contributed by atoms with van der Waals surface area (Å²) in [7, 11) is -3.73. The van der Waals surface area contributed by atoms with Crippen molar-refractivity contribution in [3.05, 3.63) is 28.8 Å². The first-order chi connectivity index (χ1) is 11.9. The van der Waals surface area contributed by atoms with Gasteiger partial charge in [-0.25, -0.2) is 8.42 Å². The van der Waals surface area contributed by atoms with Gasteiger partial charge in [0.05, 0.1) is 4.90 Å². The molecular weight excluding hydrogens is 360 g/mol. The van der Waals surface area contributed by atoms with E-state index >= 15 is 0 Å². The number of halogens is 1. The fourth-order valence-corrected chi connectivity index (χ4v) is 6.70. The maximum absolute atomic E-state index is 13.4. The van der Waals surface area contributed by atoms with E-state index in [0.29, 0.717) is 36.0 Å². The maximum atomic E-state index is 13.4. The first kappa shape index (κ1) is 17.3. The van der Waals surface area contributed by atoms with Gasteiger partial charge in [-0.3, -0.25) is 4.79 Å². The summed E-state index contributed by atoms with van der Waals surface area (Å²) < 4.78 is 28.3. The molecule has 0 bridgehead atoms. The van der Waals surface area contributed by atoms with Crippen molar-refractivity contribution in [2.45, 2.75) is 61.9 Å². The van der Waals surface area contributed by atoms with E-state index in [1.54, 1.807) is 25.1 Å². The number of amides is 1. The van der Waals surface area contributed by atoms with Gasteiger partial charge < -0.3 is 4.90 Å². The van der Waals surface area contributed by atoms with E-state index in [2.05, 4.69) is 0 Å². The minimum Gasteiger partial charge on any atom is -0.338 e. The molecule has 0 N–H and O–H groups in total. The predicted octanol–water partition coefficient (Wildman–Crippen LogP) is 2.96. The highest BCUT2D eigenvalue weighted by molar-refractivity contribution is 7.89. The quantitative estimate of drug-likeness (QED) is 0.807. The van der Waals surface area contributed by atoms with Gasteiger partial charge in [0.15, 0.2) is 0 Å². The molecule has 25 heavy (non-hydrogen) atoms. The highest BCUT2D eigenvalue weighted by atomic mass is 35.5. The number of piperidine rings is 1. The molecule has 5 nitrogen and oxygen atoms in total. The summed E-state index contributed by atoms with van der Waals surface area (Å²) in [6, 6.07) is 5.15. The number of sulfonamides is 1. The molecule has 2 saturated heterocycles. The molecule has 1 aromatic carbocycles. The standard InChI is InChI=1S/C18H23ClN2O3S/c1-13-12-14(19)4-7-16(13)25(23,24)21-11-3-9-18(21)8-2-10-20(17(18)22)15-5-6-15/h4,7,12,15H,2-3,5-6,8-11H2,1H3. The third-order valence-electron chi connectivity index (χ3n) is 5.77. The molecule has 1 aliphatic carbocycles. The van der Waals surface area contributed by atoms with Crippen molar-refractivity contribution in [2.24, 2.45) is 0 Å². The molecule has 136 valence electrons. The van der Waals surface area contributed by atoms with Crippen LogP contribution in [0.25, 0.3) is 0 Å². The van der Waals surface area contributed by atoms with Gasteiger partial charge >= 0.3 is 0 Å². The molecule has 3 fully saturated rings. The van der Waals surface area contributed by atoms with Crippen molar-refractivity contribution in [3.63, 3.8) is 0 Å². The molecule has 1 spiro atoms. The van der Waals surface area contributed by atoms with Crippen LogP contribution in [-0.4, -0.2) is 48.2 Å². The lowest BCUT2D eigenvalue weighted by Crippen LogP contribution is -2.61. The maximum Gasteiger partial charge on any atom is 0.244 e. The van der Waals surface area contributed by atoms with Crippen molar-refractivity contribution in [1.29, 1.82) is 0 Å². The van der Waals surface area contributed by atoms with Crippen molar-refractivity contribution in [1.82, 2.24) is 9.21 Å². The van der Waals surface area contributed by atoms with Crippen LogP contribution in [0, 0.1) is 6.92 Å². The number of aryl methyl sites for hydroxylation is 1. The second-order valence-electron chi connectivity index (χ2n) is 7.46. The number of carbonyl (C=O) groups is 1. The monoisotopic (exact) mass is 382 g/mol. The molecule has 7 heteroatoms. The summed E-state index contributed by atoms with van der Waals surface area (Å²) in [6.07, 6.45) is 4.95. The Bertz CT molecular complexity index is 822. The molecule has 1 unspecified atom stereocenters. The molecule has 2 aliphatic heterocycles. The zero-order chi connectivity index (χ0) is 17.8. The van der Waals surface area contributed by atoms with Crippen molar-refractivity contribution in [3.8, 4) is 0 Å². The van der Waals surface area contributed by atoms with E-state index in [1.807, 2.05) is 4.90 Å². The fraction of sp³-hybridized carbons (Fsp3) is 0.611. The summed E-state index contributed by atoms with van der Waals surface area (Å²) in [6.45, 7) is 2.93. The van der Waals surface area contributed by atoms with E-state index < -0.39 is 15.6 Å². The lowest BCUT2D eigenvalue weighted by Gasteiger charge is -2.44. The summed E-state index contributed by atoms with van der Waals surface area (Å²) in [4.78, 5) is 15.5. The Labute approximate surface area is 154 Å². The minimum absolute atomic E-state index is 0.0222. The number of nitrogens with zero attached hydrogens (tertiary/aromatic N) is 2. The van der Waals surface area contributed by atoms with Crippen LogP contribution >= 0.6 is 11.6 Å². The molecule has 0 radical (unpaired) electrons. The van der Waals surface area contributed by atoms with Crippen molar-refractivity contribution >= 4 is 27.5 Å². The van der Waals surface area contributed by atoms with Crippen LogP contribution in [-0.2, 0) is 14.8 Å². The van der Waals surface area contributed by atoms with Crippen LogP contribution in [0.15, 0.2) is 23.1 Å². The van der Waals surface area contributed by atoms with Crippen molar-refractivity contribution < 1.29 is 13.2 Å². The zero-order valence-electron chi connectivity index (χ0n) is 14.4. The predicted molar refractivity (Wildman–Crippen MR) is 96.0 cm³/mol. The first-order valence-corrected chi connectivity index (χ1v) is 10.8. The molecule has 4 rings (SSSR count). The third kappa shape index (κ3) is 2.69. The number of rotatable bonds is 3. The topological polar surface area (TPSA) is 57.7 Å². The van der Waals surface area contributed by atoms with Gasteiger partial charge in [-0.2, -0.15) is 4.31 Å². The van der Waals surface area contributed by atoms with Crippen molar-refractivity contribution in [2.75, 3.05) is 13.1 Å². The average molecular weight is 383 g/mol. The Morgan fingerprint density at radius 1 is 1.16 bits per heavy atom. The number of hydrogen-bond acceptors (Lipinski definition) is 3. The second kappa shape index (κ2) is 5.96. The highest BCUT2D eigenvalue weighted by Gasteiger charge is 2.57. The van der Waals surface area contributed by atoms with E-state index in [1.165, 1.54) is 4.31 Å². The van der Waals surface area contributed by atoms with Gasteiger partial charge in [-0.05, 0) is 69.2 Å². The lowest BCUT2D eigenvalue weighted by molar-refractivity contribution is -0.145. The Kier molecular flexibility index (Phi) is 4.13. The summed E-state index contributed by atoms with van der Waals surface area (Å²) in [5, 5.41) is 0.515. The Balaban J connectivity index is 1.74. The molecule has 1 atom stereocenters. The van der Waals surface area contributed by atoms with Crippen LogP contribution < -0.4 is 0 Å². The third-order valence-corrected chi connectivity index (χ3v) is 8.13. The van der Waals surface area contributed by atoms with Crippen LogP contribution in [0.4, 0.5) is 0 Å². The SMILES string of the molecule is Cc1cc(Cl)ccc1S(=O)(=O)N1CCCC12CCCN(C1CC1)C2=O. The van der Waals surface area contributed by atoms with E-state index in [-0.39, 0.29) is 10.8 Å². The van der Waals surface area contributed by atoms with Crippen LogP contribution in [0.1, 0.15) is 44.1 Å². The Morgan fingerprint density at radius 3 is 2.48 bits per heavy atom. The summed E-state index contributed by atoms with van der Waals surface area (Å²) in [5.41, 5.74) is -0.261. The molecule has 3 aliphatic rings. The zero-order valence-corrected chi connectivity index (χ0v) is 15.9. The summed E-state index contributed by atoms with van der Waals surface area (Å²) in [5.74, 6) is 0.0222. The normalized spacial score (nSPS) is 28.1. The molecule has 1 saturated carbocycles. The molecule has 1 aromatic rings. The largest absolute Gasteiger partial charge is 0.338 e. The Hall–Kier alpha value is -1.11. The van der Waals surface area contributed by atoms with Gasteiger partial charge in [0.25, 0.3) is 0 Å². The number of benzene rings is 1. The minimum atomic E-state index is -3.73. The number of likely N-dealkylation sites (tertiary alicyclic amines) is 1. The van der Waals surface area contributed by atoms with E-state index in [0.717, 1.165) is 32.2 Å². The van der Waals surface area contributed by atoms with Crippen LogP contribution in [0.3, 0.4) is 0 Å². The molecule has 1 amide bonds. The van der Waals surface area contributed by atoms with Crippen LogP contribution in [0.2, 0.25) is 5.02 Å². The van der Waals surface area contributed by atoms with Gasteiger partial charge in [-0.15, -0.1) is 0 Å². The molecule has 0 aromatic heterocycles. The highest BCUT2D eigenvalue weighted by Crippen LogP contribution is 2.44. The Morgan fingerprint density at radius 2 is 1.84 bits per heavy atom. The number of hydrogen-bond donors (Lipinski definition) is 0. The van der Waals surface area contributed by atoms with Gasteiger partial charge in [0.1, 0.15) is 5.54 Å². The first-order valence-electron chi connectivity index (χ1n) is 8.96. The van der Waals surface area contributed by atoms with Gasteiger partial charge in [-0.1, -0.05) is 11.6 Å². The van der Waals surface area contributed by atoms with Crippen LogP contribution in [0.5, 0.6) is 0 Å². The van der Waals surface area contributed by atoms with Gasteiger partial charge in [0.2, 0.25) is 15.9 Å². The van der Waals surface area contributed by atoms with E-state index in [4.69, 9.17) is 11.6 Å². The smallest absolute Gasteiger partial charge is 0.244 e. The molecular formula is C18H23ClN2O3S. The molecule has 2 heterocycles. The lowest BCUT2D eigenvalue weighted by atomic mass is 9.86.